The molecule has 32 heavy (non-hydrogen) atoms. The zero-order chi connectivity index (χ0) is 22.4. The Bertz CT molecular complexity index is 1250. The molecule has 5 rings (SSSR count). The number of carbonyl (C=O) groups is 1. The van der Waals surface area contributed by atoms with Crippen LogP contribution in [0.2, 0.25) is 0 Å². The summed E-state index contributed by atoms with van der Waals surface area (Å²) in [7, 11) is 1.45. The monoisotopic (exact) mass is 427 g/mol. The van der Waals surface area contributed by atoms with Gasteiger partial charge in [0.05, 0.1) is 0 Å². The number of hydrogen-bond donors (Lipinski definition) is 2. The van der Waals surface area contributed by atoms with E-state index in [1.54, 1.807) is 0 Å². The van der Waals surface area contributed by atoms with Crippen molar-refractivity contribution in [3.05, 3.63) is 105 Å². The third kappa shape index (κ3) is 3.33. The highest BCUT2D eigenvalue weighted by Crippen LogP contribution is 2.54. The van der Waals surface area contributed by atoms with Crippen LogP contribution in [0.4, 0.5) is 0 Å². The molecule has 2 aliphatic rings. The highest BCUT2D eigenvalue weighted by molar-refractivity contribution is 5.97. The van der Waals surface area contributed by atoms with Gasteiger partial charge in [-0.1, -0.05) is 47.6 Å². The quantitative estimate of drug-likeness (QED) is 0.366. The number of aryl methyl sites for hydroxylation is 2. The smallest absolute Gasteiger partial charge is 0.251 e. The highest BCUT2D eigenvalue weighted by atomic mass is 16.6. The Morgan fingerprint density at radius 3 is 2.19 bits per heavy atom. The van der Waals surface area contributed by atoms with Crippen molar-refractivity contribution in [3.63, 3.8) is 0 Å². The van der Waals surface area contributed by atoms with Crippen molar-refractivity contribution in [2.75, 3.05) is 7.11 Å². The largest absolute Gasteiger partial charge is 0.397 e. The zero-order valence-corrected chi connectivity index (χ0v) is 18.3. The predicted molar refractivity (Wildman–Crippen MR) is 122 cm³/mol. The lowest BCUT2D eigenvalue weighted by Gasteiger charge is -2.18. The molecule has 2 aliphatic heterocycles. The topological polar surface area (TPSA) is 85.9 Å². The SMILES string of the molecule is CON=C(N)c1ccc(CNC(=O)c2ccc3c(c2)C2OC3c3cc(C)c(C)cc32)cc1. The van der Waals surface area contributed by atoms with Crippen LogP contribution in [0, 0.1) is 13.8 Å². The van der Waals surface area contributed by atoms with Gasteiger partial charge in [-0.25, -0.2) is 0 Å². The number of fused-ring (bicyclic) bond motifs is 8. The molecule has 162 valence electrons. The van der Waals surface area contributed by atoms with Gasteiger partial charge in [0.25, 0.3) is 5.91 Å². The van der Waals surface area contributed by atoms with E-state index in [4.69, 9.17) is 15.3 Å². The first-order chi connectivity index (χ1) is 15.5. The van der Waals surface area contributed by atoms with Crippen LogP contribution in [0.15, 0.2) is 59.8 Å². The van der Waals surface area contributed by atoms with Gasteiger partial charge in [0.2, 0.25) is 0 Å². The second-order valence-electron chi connectivity index (χ2n) is 8.34. The van der Waals surface area contributed by atoms with Crippen LogP contribution in [-0.2, 0) is 16.1 Å². The molecule has 2 heterocycles. The molecule has 0 fully saturated rings. The summed E-state index contributed by atoms with van der Waals surface area (Å²) in [4.78, 5) is 17.5. The average Bonchev–Trinajstić information content (AvgIpc) is 3.35. The van der Waals surface area contributed by atoms with Crippen LogP contribution in [0.25, 0.3) is 0 Å². The number of rotatable bonds is 5. The lowest BCUT2D eigenvalue weighted by Crippen LogP contribution is -2.23. The van der Waals surface area contributed by atoms with E-state index < -0.39 is 0 Å². The zero-order valence-electron chi connectivity index (χ0n) is 18.3. The summed E-state index contributed by atoms with van der Waals surface area (Å²) in [5, 5.41) is 6.71. The van der Waals surface area contributed by atoms with Gasteiger partial charge in [-0.15, -0.1) is 0 Å². The molecule has 0 saturated carbocycles. The number of ether oxygens (including phenoxy) is 1. The number of nitrogens with zero attached hydrogens (tertiary/aromatic N) is 1. The van der Waals surface area contributed by atoms with E-state index >= 15 is 0 Å². The number of hydrogen-bond acceptors (Lipinski definition) is 4. The van der Waals surface area contributed by atoms with E-state index in [9.17, 15) is 4.79 Å². The predicted octanol–water partition coefficient (Wildman–Crippen LogP) is 4.02. The van der Waals surface area contributed by atoms with Gasteiger partial charge >= 0.3 is 0 Å². The van der Waals surface area contributed by atoms with Crippen LogP contribution in [0.3, 0.4) is 0 Å². The third-order valence-corrected chi connectivity index (χ3v) is 6.34. The molecule has 0 radical (unpaired) electrons. The lowest BCUT2D eigenvalue weighted by molar-refractivity contribution is 0.0857. The first-order valence-electron chi connectivity index (χ1n) is 10.6. The molecule has 0 aliphatic carbocycles. The van der Waals surface area contributed by atoms with Gasteiger partial charge in [0, 0.05) is 17.7 Å². The fourth-order valence-corrected chi connectivity index (χ4v) is 4.49. The average molecular weight is 428 g/mol. The minimum absolute atomic E-state index is 0.0333. The van der Waals surface area contributed by atoms with E-state index in [2.05, 4.69) is 36.5 Å². The van der Waals surface area contributed by atoms with Crippen molar-refractivity contribution in [1.82, 2.24) is 5.32 Å². The molecular weight excluding hydrogens is 402 g/mol. The number of oxime groups is 1. The summed E-state index contributed by atoms with van der Waals surface area (Å²) in [5.41, 5.74) is 15.5. The number of carbonyl (C=O) groups excluding carboxylic acids is 1. The third-order valence-electron chi connectivity index (χ3n) is 6.34. The molecule has 3 aromatic carbocycles. The standard InChI is InChI=1S/C26H25N3O3/c1-14-10-20-21(11-15(14)2)24-22-12-18(8-9-19(22)23(20)32-24)26(30)28-13-16-4-6-17(7-5-16)25(27)29-31-3/h4-12,23-24H,13H2,1-3H3,(H2,27,29)(H,28,30). The second kappa shape index (κ2) is 7.80. The molecule has 2 bridgehead atoms. The minimum atomic E-state index is -0.111. The van der Waals surface area contributed by atoms with Crippen LogP contribution in [-0.4, -0.2) is 18.9 Å². The highest BCUT2D eigenvalue weighted by Gasteiger charge is 2.43. The van der Waals surface area contributed by atoms with Crippen molar-refractivity contribution in [2.45, 2.75) is 32.6 Å². The summed E-state index contributed by atoms with van der Waals surface area (Å²) in [6.07, 6.45) is -0.127. The summed E-state index contributed by atoms with van der Waals surface area (Å²) in [6.45, 7) is 4.67. The Kier molecular flexibility index (Phi) is 4.94. The molecule has 6 heteroatoms. The van der Waals surface area contributed by atoms with E-state index in [-0.39, 0.29) is 18.1 Å². The Balaban J connectivity index is 1.30. The van der Waals surface area contributed by atoms with Gasteiger partial charge in [0.15, 0.2) is 5.84 Å². The number of nitrogens with one attached hydrogen (secondary N) is 1. The Hall–Kier alpha value is -3.64. The molecule has 0 saturated heterocycles. The van der Waals surface area contributed by atoms with E-state index in [0.29, 0.717) is 17.9 Å². The maximum atomic E-state index is 12.8. The van der Waals surface area contributed by atoms with Crippen LogP contribution < -0.4 is 11.1 Å². The summed E-state index contributed by atoms with van der Waals surface area (Å²) >= 11 is 0. The van der Waals surface area contributed by atoms with Gasteiger partial charge < -0.3 is 20.6 Å². The molecule has 2 atom stereocenters. The maximum absolute atomic E-state index is 12.8. The van der Waals surface area contributed by atoms with Gasteiger partial charge in [0.1, 0.15) is 19.3 Å². The second-order valence-corrected chi connectivity index (χ2v) is 8.34. The Labute approximate surface area is 187 Å². The van der Waals surface area contributed by atoms with Gasteiger partial charge in [-0.2, -0.15) is 0 Å². The molecule has 0 aromatic heterocycles. The molecular formula is C26H25N3O3. The van der Waals surface area contributed by atoms with E-state index in [1.165, 1.54) is 29.4 Å². The summed E-state index contributed by atoms with van der Waals surface area (Å²) in [5.74, 6) is 0.199. The Morgan fingerprint density at radius 1 is 0.938 bits per heavy atom. The number of amidine groups is 1. The van der Waals surface area contributed by atoms with E-state index in [0.717, 1.165) is 22.3 Å². The van der Waals surface area contributed by atoms with E-state index in [1.807, 2.05) is 42.5 Å². The minimum Gasteiger partial charge on any atom is -0.397 e. The van der Waals surface area contributed by atoms with Crippen LogP contribution >= 0.6 is 0 Å². The van der Waals surface area contributed by atoms with Gasteiger partial charge in [-0.05, 0) is 64.9 Å². The lowest BCUT2D eigenvalue weighted by atomic mass is 9.83. The Morgan fingerprint density at radius 2 is 1.53 bits per heavy atom. The normalized spacial score (nSPS) is 18.3. The summed E-state index contributed by atoms with van der Waals surface area (Å²) in [6, 6.07) is 17.8. The van der Waals surface area contributed by atoms with Crippen molar-refractivity contribution < 1.29 is 14.4 Å². The fourth-order valence-electron chi connectivity index (χ4n) is 4.49. The number of nitrogens with two attached hydrogens (primary N) is 1. The van der Waals surface area contributed by atoms with Crippen molar-refractivity contribution in [1.29, 1.82) is 0 Å². The fraction of sp³-hybridized carbons (Fsp3) is 0.231. The first-order valence-corrected chi connectivity index (χ1v) is 10.6. The van der Waals surface area contributed by atoms with Gasteiger partial charge in [-0.3, -0.25) is 4.79 Å². The molecule has 3 aromatic rings. The van der Waals surface area contributed by atoms with Crippen molar-refractivity contribution >= 4 is 11.7 Å². The molecule has 0 spiro atoms. The molecule has 2 unspecified atom stereocenters. The maximum Gasteiger partial charge on any atom is 0.251 e. The number of amides is 1. The number of benzene rings is 3. The first kappa shape index (κ1) is 20.3. The van der Waals surface area contributed by atoms with Crippen molar-refractivity contribution in [3.8, 4) is 0 Å². The van der Waals surface area contributed by atoms with Crippen molar-refractivity contribution in [2.24, 2.45) is 10.9 Å². The molecule has 3 N–H and O–H groups in total. The van der Waals surface area contributed by atoms with Crippen LogP contribution in [0.1, 0.15) is 67.1 Å². The molecule has 6 nitrogen and oxygen atoms in total. The van der Waals surface area contributed by atoms with Crippen LogP contribution in [0.5, 0.6) is 0 Å². The molecule has 1 amide bonds. The summed E-state index contributed by atoms with van der Waals surface area (Å²) < 4.78 is 6.27.